The highest BCUT2D eigenvalue weighted by Gasteiger charge is 2.19. The molecule has 1 aliphatic carbocycles. The highest BCUT2D eigenvalue weighted by Crippen LogP contribution is 2.32. The van der Waals surface area contributed by atoms with Gasteiger partial charge in [-0.25, -0.2) is 13.1 Å². The predicted molar refractivity (Wildman–Crippen MR) is 99.4 cm³/mol. The molecule has 3 rings (SSSR count). The second-order valence-electron chi connectivity index (χ2n) is 6.35. The van der Waals surface area contributed by atoms with Crippen molar-refractivity contribution in [2.24, 2.45) is 0 Å². The van der Waals surface area contributed by atoms with Crippen LogP contribution in [0, 0.1) is 0 Å². The molecule has 2 aliphatic rings. The first-order valence-electron chi connectivity index (χ1n) is 8.78. The summed E-state index contributed by atoms with van der Waals surface area (Å²) in [5.41, 5.74) is 0. The van der Waals surface area contributed by atoms with Crippen molar-refractivity contribution in [3.8, 4) is 11.5 Å². The monoisotopic (exact) mass is 390 g/mol. The summed E-state index contributed by atoms with van der Waals surface area (Å²) in [4.78, 5) is 0.209. The maximum atomic E-state index is 12.4. The van der Waals surface area contributed by atoms with Gasteiger partial charge in [-0.05, 0) is 25.0 Å². The molecule has 142 valence electrons. The van der Waals surface area contributed by atoms with Crippen LogP contribution in [0.4, 0.5) is 0 Å². The quantitative estimate of drug-likeness (QED) is 0.576. The first kappa shape index (κ1) is 20.3. The lowest BCUT2D eigenvalue weighted by molar-refractivity contribution is 0.171. The third-order valence-electron chi connectivity index (χ3n) is 4.53. The predicted octanol–water partition coefficient (Wildman–Crippen LogP) is 2.47. The molecule has 0 saturated heterocycles. The second kappa shape index (κ2) is 9.62. The van der Waals surface area contributed by atoms with E-state index < -0.39 is 10.0 Å². The molecule has 0 atom stereocenters. The third kappa shape index (κ3) is 5.74. The number of sulfonamides is 1. The van der Waals surface area contributed by atoms with E-state index in [4.69, 9.17) is 9.47 Å². The summed E-state index contributed by atoms with van der Waals surface area (Å²) in [5.74, 6) is 1.08. The van der Waals surface area contributed by atoms with Crippen molar-refractivity contribution < 1.29 is 17.9 Å². The van der Waals surface area contributed by atoms with Crippen LogP contribution in [0.2, 0.25) is 0 Å². The number of hydrogen-bond acceptors (Lipinski definition) is 5. The van der Waals surface area contributed by atoms with Gasteiger partial charge in [-0.1, -0.05) is 25.7 Å². The molecule has 1 fully saturated rings. The number of rotatable bonds is 6. The molecule has 0 spiro atoms. The SMILES string of the molecule is Cl.O=S(=O)(NCCNC1CCCCCC1)c1ccc2c(c1)OCCO2. The normalized spacial score (nSPS) is 18.2. The minimum Gasteiger partial charge on any atom is -0.486 e. The van der Waals surface area contributed by atoms with Gasteiger partial charge >= 0.3 is 0 Å². The highest BCUT2D eigenvalue weighted by molar-refractivity contribution is 7.89. The molecule has 2 N–H and O–H groups in total. The third-order valence-corrected chi connectivity index (χ3v) is 5.99. The molecule has 0 amide bonds. The molecule has 1 aromatic carbocycles. The van der Waals surface area contributed by atoms with E-state index in [2.05, 4.69) is 10.0 Å². The van der Waals surface area contributed by atoms with Gasteiger partial charge in [-0.3, -0.25) is 0 Å². The summed E-state index contributed by atoms with van der Waals surface area (Å²) in [6.45, 7) is 1.96. The Balaban J connectivity index is 0.00000225. The molecule has 0 unspecified atom stereocenters. The van der Waals surface area contributed by atoms with Crippen molar-refractivity contribution in [2.75, 3.05) is 26.3 Å². The van der Waals surface area contributed by atoms with Crippen LogP contribution in [0.5, 0.6) is 11.5 Å². The number of hydrogen-bond donors (Lipinski definition) is 2. The van der Waals surface area contributed by atoms with E-state index in [0.717, 1.165) is 0 Å². The highest BCUT2D eigenvalue weighted by atomic mass is 35.5. The summed E-state index contributed by atoms with van der Waals surface area (Å²) >= 11 is 0. The number of fused-ring (bicyclic) bond motifs is 1. The summed E-state index contributed by atoms with van der Waals surface area (Å²) in [6, 6.07) is 5.24. The van der Waals surface area contributed by atoms with Gasteiger partial charge in [0.2, 0.25) is 10.0 Å². The first-order valence-corrected chi connectivity index (χ1v) is 10.3. The molecule has 1 aromatic rings. The summed E-state index contributed by atoms with van der Waals surface area (Å²) < 4.78 is 38.3. The molecule has 1 aliphatic heterocycles. The van der Waals surface area contributed by atoms with E-state index in [1.165, 1.54) is 44.6 Å². The van der Waals surface area contributed by atoms with Crippen LogP contribution in [0.15, 0.2) is 23.1 Å². The van der Waals surface area contributed by atoms with Gasteiger partial charge in [0, 0.05) is 25.2 Å². The smallest absolute Gasteiger partial charge is 0.240 e. The summed E-state index contributed by atoms with van der Waals surface area (Å²) in [6.07, 6.45) is 7.54. The average molecular weight is 391 g/mol. The number of halogens is 1. The van der Waals surface area contributed by atoms with E-state index in [1.807, 2.05) is 0 Å². The fraction of sp³-hybridized carbons (Fsp3) is 0.647. The van der Waals surface area contributed by atoms with E-state index in [9.17, 15) is 8.42 Å². The molecule has 0 radical (unpaired) electrons. The molecular weight excluding hydrogens is 364 g/mol. The van der Waals surface area contributed by atoms with Gasteiger partial charge < -0.3 is 14.8 Å². The summed E-state index contributed by atoms with van der Waals surface area (Å²) in [7, 11) is -3.53. The van der Waals surface area contributed by atoms with Crippen LogP contribution in [-0.2, 0) is 10.0 Å². The standard InChI is InChI=1S/C17H26N2O4S.ClH/c20-24(21,15-7-8-16-17(13-15)23-12-11-22-16)19-10-9-18-14-5-3-1-2-4-6-14;/h7-8,13-14,18-19H,1-6,9-12H2;1H. The van der Waals surface area contributed by atoms with Gasteiger partial charge in [-0.15, -0.1) is 12.4 Å². The lowest BCUT2D eigenvalue weighted by Crippen LogP contribution is -2.36. The maximum absolute atomic E-state index is 12.4. The lowest BCUT2D eigenvalue weighted by atomic mass is 10.1. The zero-order chi connectivity index (χ0) is 16.8. The van der Waals surface area contributed by atoms with Crippen molar-refractivity contribution in [3.05, 3.63) is 18.2 Å². The Morgan fingerprint density at radius 1 is 0.960 bits per heavy atom. The van der Waals surface area contributed by atoms with Crippen LogP contribution >= 0.6 is 12.4 Å². The van der Waals surface area contributed by atoms with Crippen LogP contribution in [-0.4, -0.2) is 40.8 Å². The van der Waals surface area contributed by atoms with Crippen LogP contribution in [0.1, 0.15) is 38.5 Å². The van der Waals surface area contributed by atoms with E-state index in [1.54, 1.807) is 12.1 Å². The molecule has 0 aromatic heterocycles. The zero-order valence-corrected chi connectivity index (χ0v) is 16.0. The van der Waals surface area contributed by atoms with E-state index in [-0.39, 0.29) is 17.3 Å². The number of nitrogens with one attached hydrogen (secondary N) is 2. The van der Waals surface area contributed by atoms with Gasteiger partial charge in [0.15, 0.2) is 11.5 Å². The fourth-order valence-electron chi connectivity index (χ4n) is 3.22. The average Bonchev–Trinajstić information content (AvgIpc) is 2.87. The van der Waals surface area contributed by atoms with E-state index >= 15 is 0 Å². The van der Waals surface area contributed by atoms with Crippen LogP contribution in [0.25, 0.3) is 0 Å². The van der Waals surface area contributed by atoms with Crippen molar-refractivity contribution in [1.82, 2.24) is 10.0 Å². The zero-order valence-electron chi connectivity index (χ0n) is 14.3. The lowest BCUT2D eigenvalue weighted by Gasteiger charge is -2.19. The topological polar surface area (TPSA) is 76.7 Å². The Labute approximate surface area is 156 Å². The van der Waals surface area contributed by atoms with Crippen molar-refractivity contribution in [3.63, 3.8) is 0 Å². The Kier molecular flexibility index (Phi) is 7.81. The van der Waals surface area contributed by atoms with Gasteiger partial charge in [0.1, 0.15) is 13.2 Å². The molecule has 1 heterocycles. The van der Waals surface area contributed by atoms with Crippen LogP contribution in [0.3, 0.4) is 0 Å². The summed E-state index contributed by atoms with van der Waals surface area (Å²) in [5, 5.41) is 3.46. The molecule has 0 bridgehead atoms. The molecule has 25 heavy (non-hydrogen) atoms. The molecule has 6 nitrogen and oxygen atoms in total. The Bertz CT molecular complexity index is 646. The minimum atomic E-state index is -3.53. The Hall–Kier alpha value is -1.02. The van der Waals surface area contributed by atoms with Crippen molar-refractivity contribution >= 4 is 22.4 Å². The van der Waals surface area contributed by atoms with Gasteiger partial charge in [-0.2, -0.15) is 0 Å². The maximum Gasteiger partial charge on any atom is 0.240 e. The molecular formula is C17H27ClN2O4S. The van der Waals surface area contributed by atoms with Gasteiger partial charge in [0.25, 0.3) is 0 Å². The Morgan fingerprint density at radius 3 is 2.36 bits per heavy atom. The van der Waals surface area contributed by atoms with Crippen molar-refractivity contribution in [1.29, 1.82) is 0 Å². The largest absolute Gasteiger partial charge is 0.486 e. The van der Waals surface area contributed by atoms with Crippen molar-refractivity contribution in [2.45, 2.75) is 49.5 Å². The molecule has 8 heteroatoms. The first-order chi connectivity index (χ1) is 11.6. The fourth-order valence-corrected chi connectivity index (χ4v) is 4.27. The Morgan fingerprint density at radius 2 is 1.64 bits per heavy atom. The molecule has 1 saturated carbocycles. The second-order valence-corrected chi connectivity index (χ2v) is 8.11. The number of benzene rings is 1. The van der Waals surface area contributed by atoms with E-state index in [0.29, 0.717) is 43.8 Å². The minimum absolute atomic E-state index is 0. The van der Waals surface area contributed by atoms with Gasteiger partial charge in [0.05, 0.1) is 4.90 Å². The van der Waals surface area contributed by atoms with Crippen LogP contribution < -0.4 is 19.5 Å². The number of ether oxygens (including phenoxy) is 2.